The highest BCUT2D eigenvalue weighted by atomic mass is 16.6. The maximum Gasteiger partial charge on any atom is 0.306 e. The van der Waals surface area contributed by atoms with Crippen LogP contribution in [0.4, 0.5) is 0 Å². The largest absolute Gasteiger partial charge is 0.544 e. The zero-order valence-corrected chi connectivity index (χ0v) is 39.5. The Bertz CT molecular complexity index is 1270. The summed E-state index contributed by atoms with van der Waals surface area (Å²) in [6, 6.07) is -0.733. The highest BCUT2D eigenvalue weighted by Gasteiger charge is 2.25. The van der Waals surface area contributed by atoms with Crippen molar-refractivity contribution in [3.8, 4) is 0 Å². The number of quaternary nitrogens is 1. The monoisotopic (exact) mass is 852 g/mol. The number of nitrogens with zero attached hydrogens (tertiary/aromatic N) is 1. The Morgan fingerprint density at radius 3 is 1.46 bits per heavy atom. The molecule has 0 N–H and O–H groups in total. The number of likely N-dealkylation sites (N-methyl/N-ethyl adjacent to an activating group) is 1. The number of carboxylic acids is 1. The highest BCUT2D eigenvalue weighted by molar-refractivity contribution is 5.70. The average molecular weight is 852 g/mol. The summed E-state index contributed by atoms with van der Waals surface area (Å²) in [4.78, 5) is 37.0. The first-order valence-electron chi connectivity index (χ1n) is 24.1. The molecule has 0 saturated carbocycles. The van der Waals surface area contributed by atoms with E-state index >= 15 is 0 Å². The Balaban J connectivity index is 4.30. The van der Waals surface area contributed by atoms with Gasteiger partial charge in [0, 0.05) is 19.3 Å². The van der Waals surface area contributed by atoms with Gasteiger partial charge in [-0.15, -0.1) is 0 Å². The molecule has 0 aliphatic carbocycles. The normalized spacial score (nSPS) is 13.7. The fraction of sp³-hybridized carbons (Fsp3) is 0.679. The lowest BCUT2D eigenvalue weighted by atomic mass is 10.1. The zero-order valence-electron chi connectivity index (χ0n) is 39.5. The zero-order chi connectivity index (χ0) is 44.9. The third kappa shape index (κ3) is 41.6. The molecule has 0 bridgehead atoms. The lowest BCUT2D eigenvalue weighted by Crippen LogP contribution is -2.55. The van der Waals surface area contributed by atoms with Gasteiger partial charge in [0.25, 0.3) is 0 Å². The van der Waals surface area contributed by atoms with Crippen LogP contribution in [0.25, 0.3) is 0 Å². The van der Waals surface area contributed by atoms with Crippen LogP contribution in [0.1, 0.15) is 181 Å². The molecule has 0 aliphatic rings. The Kier molecular flexibility index (Phi) is 40.7. The number of allylic oxidation sites excluding steroid dienone is 14. The number of hydrogen-bond acceptors (Lipinski definition) is 7. The number of carbonyl (C=O) groups excluding carboxylic acids is 3. The lowest BCUT2D eigenvalue weighted by molar-refractivity contribution is -0.889. The van der Waals surface area contributed by atoms with E-state index in [0.29, 0.717) is 12.8 Å². The highest BCUT2D eigenvalue weighted by Crippen LogP contribution is 2.14. The van der Waals surface area contributed by atoms with E-state index in [2.05, 4.69) is 98.9 Å². The van der Waals surface area contributed by atoms with Crippen molar-refractivity contribution in [3.63, 3.8) is 0 Å². The average Bonchev–Trinajstić information content (AvgIpc) is 3.22. The van der Waals surface area contributed by atoms with Gasteiger partial charge in [-0.3, -0.25) is 9.59 Å². The van der Waals surface area contributed by atoms with E-state index in [1.807, 2.05) is 0 Å². The van der Waals surface area contributed by atoms with Gasteiger partial charge in [0.15, 0.2) is 6.10 Å². The predicted octanol–water partition coefficient (Wildman–Crippen LogP) is 12.4. The first-order chi connectivity index (χ1) is 29.6. The second kappa shape index (κ2) is 43.2. The smallest absolute Gasteiger partial charge is 0.306 e. The summed E-state index contributed by atoms with van der Waals surface area (Å²) in [5, 5.41) is 11.6. The van der Waals surface area contributed by atoms with E-state index in [0.717, 1.165) is 89.9 Å². The number of ether oxygens (including phenoxy) is 3. The van der Waals surface area contributed by atoms with Gasteiger partial charge in [0.1, 0.15) is 12.6 Å². The maximum atomic E-state index is 12.8. The lowest BCUT2D eigenvalue weighted by Gasteiger charge is -2.34. The summed E-state index contributed by atoms with van der Waals surface area (Å²) >= 11 is 0. The molecular formula is C53H89NO7. The van der Waals surface area contributed by atoms with Crippen LogP contribution in [-0.4, -0.2) is 75.5 Å². The summed E-state index contributed by atoms with van der Waals surface area (Å²) in [7, 11) is 5.40. The van der Waals surface area contributed by atoms with E-state index < -0.39 is 18.1 Å². The van der Waals surface area contributed by atoms with Gasteiger partial charge >= 0.3 is 11.9 Å². The van der Waals surface area contributed by atoms with Gasteiger partial charge in [-0.1, -0.05) is 176 Å². The van der Waals surface area contributed by atoms with Crippen molar-refractivity contribution in [2.24, 2.45) is 0 Å². The van der Waals surface area contributed by atoms with Crippen molar-refractivity contribution in [3.05, 3.63) is 85.1 Å². The topological polar surface area (TPSA) is 102 Å². The maximum absolute atomic E-state index is 12.8. The Morgan fingerprint density at radius 1 is 0.508 bits per heavy atom. The fourth-order valence-electron chi connectivity index (χ4n) is 6.65. The van der Waals surface area contributed by atoms with Crippen LogP contribution in [0.3, 0.4) is 0 Å². The third-order valence-electron chi connectivity index (χ3n) is 10.3. The van der Waals surface area contributed by atoms with Crippen molar-refractivity contribution < 1.29 is 38.2 Å². The van der Waals surface area contributed by atoms with Crippen LogP contribution < -0.4 is 5.11 Å². The van der Waals surface area contributed by atoms with Crippen molar-refractivity contribution in [2.45, 2.75) is 193 Å². The quantitative estimate of drug-likeness (QED) is 0.0198. The van der Waals surface area contributed by atoms with Crippen LogP contribution in [0.2, 0.25) is 0 Å². The number of rotatable bonds is 42. The molecular weight excluding hydrogens is 763 g/mol. The third-order valence-corrected chi connectivity index (χ3v) is 10.3. The molecule has 348 valence electrons. The van der Waals surface area contributed by atoms with Crippen LogP contribution in [-0.2, 0) is 28.6 Å². The molecule has 0 rings (SSSR count). The Hall–Kier alpha value is -3.49. The Morgan fingerprint density at radius 2 is 0.951 bits per heavy atom. The van der Waals surface area contributed by atoms with Gasteiger partial charge in [-0.2, -0.15) is 0 Å². The van der Waals surface area contributed by atoms with Crippen LogP contribution in [0.5, 0.6) is 0 Å². The molecule has 0 amide bonds. The molecule has 0 saturated heterocycles. The molecule has 0 aromatic carbocycles. The summed E-state index contributed by atoms with van der Waals surface area (Å²) in [6.07, 6.45) is 56.1. The van der Waals surface area contributed by atoms with Gasteiger partial charge in [-0.05, 0) is 70.6 Å². The van der Waals surface area contributed by atoms with E-state index in [4.69, 9.17) is 14.2 Å². The van der Waals surface area contributed by atoms with E-state index in [-0.39, 0.29) is 42.7 Å². The second-order valence-electron chi connectivity index (χ2n) is 17.0. The van der Waals surface area contributed by atoms with Crippen LogP contribution in [0, 0.1) is 0 Å². The Labute approximate surface area is 373 Å². The van der Waals surface area contributed by atoms with Crippen LogP contribution in [0.15, 0.2) is 85.1 Å². The molecule has 0 radical (unpaired) electrons. The van der Waals surface area contributed by atoms with E-state index in [1.165, 1.54) is 57.8 Å². The molecule has 8 nitrogen and oxygen atoms in total. The molecule has 0 aliphatic heterocycles. The molecule has 0 aromatic rings. The van der Waals surface area contributed by atoms with Gasteiger partial charge < -0.3 is 28.6 Å². The van der Waals surface area contributed by atoms with Gasteiger partial charge in [-0.25, -0.2) is 0 Å². The molecule has 0 fully saturated rings. The standard InChI is InChI=1S/C53H89NO7/c1-6-8-10-12-14-16-18-20-22-23-24-25-26-27-28-30-32-34-36-38-40-42-44-52(56)61-49(47-59-46-45-50(53(57)58)54(3,4)5)48-60-51(55)43-41-39-37-35-33-31-29-21-19-17-15-13-11-9-7-2/h8-11,13-17,19-20,22,24-25,49-50H,6-7,12,18,21,23,26-48H2,1-5H3/b10-8+,11-9+,15-13+,16-14+,19-17+,22-20+,25-24+. The first-order valence-corrected chi connectivity index (χ1v) is 24.1. The van der Waals surface area contributed by atoms with Crippen molar-refractivity contribution in [1.29, 1.82) is 0 Å². The van der Waals surface area contributed by atoms with Gasteiger partial charge in [0.2, 0.25) is 0 Å². The SMILES string of the molecule is CC/C=C/C=C/C=C/CCCCCCCCCC(=O)OCC(COCCC(C(=O)[O-])[N+](C)(C)C)OC(=O)CCCCCCCCCCC/C=C/C/C=C/C/C=C/C/C=C/CC. The summed E-state index contributed by atoms with van der Waals surface area (Å²) in [5.41, 5.74) is 0. The number of unbranched alkanes of at least 4 members (excludes halogenated alkanes) is 16. The summed E-state index contributed by atoms with van der Waals surface area (Å²) in [6.45, 7) is 4.40. The van der Waals surface area contributed by atoms with E-state index in [9.17, 15) is 19.5 Å². The summed E-state index contributed by atoms with van der Waals surface area (Å²) in [5.74, 6) is -1.77. The summed E-state index contributed by atoms with van der Waals surface area (Å²) < 4.78 is 17.2. The van der Waals surface area contributed by atoms with Crippen molar-refractivity contribution in [2.75, 3.05) is 41.0 Å². The minimum atomic E-state index is -1.13. The molecule has 0 aromatic heterocycles. The molecule has 2 atom stereocenters. The van der Waals surface area contributed by atoms with Crippen molar-refractivity contribution in [1.82, 2.24) is 0 Å². The fourth-order valence-corrected chi connectivity index (χ4v) is 6.65. The number of esters is 2. The predicted molar refractivity (Wildman–Crippen MR) is 254 cm³/mol. The number of hydrogen-bond donors (Lipinski definition) is 0. The minimum Gasteiger partial charge on any atom is -0.544 e. The van der Waals surface area contributed by atoms with Crippen LogP contribution >= 0.6 is 0 Å². The van der Waals surface area contributed by atoms with Crippen molar-refractivity contribution >= 4 is 17.9 Å². The molecule has 0 heterocycles. The molecule has 2 unspecified atom stereocenters. The number of aliphatic carboxylic acids is 1. The number of carbonyl (C=O) groups is 3. The second-order valence-corrected chi connectivity index (χ2v) is 17.0. The van der Waals surface area contributed by atoms with E-state index in [1.54, 1.807) is 21.1 Å². The minimum absolute atomic E-state index is 0.0299. The molecule has 0 spiro atoms. The first kappa shape index (κ1) is 57.5. The molecule has 61 heavy (non-hydrogen) atoms. The number of carboxylic acid groups (broad SMARTS) is 1. The van der Waals surface area contributed by atoms with Gasteiger partial charge in [0.05, 0.1) is 40.3 Å². The molecule has 8 heteroatoms.